The van der Waals surface area contributed by atoms with Crippen molar-refractivity contribution in [2.75, 3.05) is 0 Å². The fourth-order valence-electron chi connectivity index (χ4n) is 1.62. The number of aromatic amines is 1. The first-order valence-corrected chi connectivity index (χ1v) is 4.17. The van der Waals surface area contributed by atoms with E-state index in [1.54, 1.807) is 0 Å². The van der Waals surface area contributed by atoms with E-state index < -0.39 is 5.97 Å². The van der Waals surface area contributed by atoms with E-state index in [2.05, 4.69) is 4.98 Å². The summed E-state index contributed by atoms with van der Waals surface area (Å²) in [5, 5.41) is 8.68. The second kappa shape index (κ2) is 2.73. The van der Waals surface area contributed by atoms with E-state index >= 15 is 0 Å². The van der Waals surface area contributed by atoms with E-state index in [1.807, 2.05) is 0 Å². The monoisotopic (exact) mass is 179 g/mol. The Morgan fingerprint density at radius 3 is 2.85 bits per heavy atom. The van der Waals surface area contributed by atoms with Crippen molar-refractivity contribution in [3.63, 3.8) is 0 Å². The van der Waals surface area contributed by atoms with Crippen LogP contribution in [0.25, 0.3) is 0 Å². The molecule has 0 atom stereocenters. The number of carbonyl (C=O) groups excluding carboxylic acids is 1. The van der Waals surface area contributed by atoms with Gasteiger partial charge in [-0.2, -0.15) is 0 Å². The third-order valence-electron chi connectivity index (χ3n) is 2.26. The van der Waals surface area contributed by atoms with Gasteiger partial charge in [-0.3, -0.25) is 4.79 Å². The van der Waals surface area contributed by atoms with E-state index in [-0.39, 0.29) is 11.5 Å². The minimum Gasteiger partial charge on any atom is -0.477 e. The van der Waals surface area contributed by atoms with Gasteiger partial charge in [-0.15, -0.1) is 0 Å². The Morgan fingerprint density at radius 1 is 1.46 bits per heavy atom. The lowest BCUT2D eigenvalue weighted by Crippen LogP contribution is -2.08. The Kier molecular flexibility index (Phi) is 1.69. The summed E-state index contributed by atoms with van der Waals surface area (Å²) in [5.41, 5.74) is 1.44. The number of Topliss-reactive ketones (excluding diaryl/α,β-unsaturated/α-hetero) is 1. The van der Waals surface area contributed by atoms with Gasteiger partial charge in [-0.05, 0) is 18.9 Å². The first-order valence-electron chi connectivity index (χ1n) is 4.17. The molecule has 68 valence electrons. The molecule has 4 heteroatoms. The quantitative estimate of drug-likeness (QED) is 0.681. The molecule has 0 radical (unpaired) electrons. The molecule has 0 fully saturated rings. The number of aryl methyl sites for hydroxylation is 1. The Morgan fingerprint density at radius 2 is 2.23 bits per heavy atom. The molecule has 1 aromatic rings. The number of carboxylic acids is 1. The molecule has 13 heavy (non-hydrogen) atoms. The predicted molar refractivity (Wildman–Crippen MR) is 45.0 cm³/mol. The maximum Gasteiger partial charge on any atom is 0.352 e. The summed E-state index contributed by atoms with van der Waals surface area (Å²) in [6.07, 6.45) is 2.11. The fraction of sp³-hybridized carbons (Fsp3) is 0.333. The maximum absolute atomic E-state index is 11.3. The molecule has 0 aromatic carbocycles. The zero-order chi connectivity index (χ0) is 9.42. The van der Waals surface area contributed by atoms with Gasteiger partial charge in [0.2, 0.25) is 0 Å². The number of nitrogens with one attached hydrogen (secondary N) is 1. The first-order chi connectivity index (χ1) is 6.18. The normalized spacial score (nSPS) is 15.5. The lowest BCUT2D eigenvalue weighted by molar-refractivity contribution is 0.0691. The standard InChI is InChI=1S/C9H9NO3/c11-8-3-1-2-6-5(8)4-7(10-6)9(12)13/h4,10H,1-3H2,(H,12,13). The van der Waals surface area contributed by atoms with Gasteiger partial charge in [-0.1, -0.05) is 0 Å². The topological polar surface area (TPSA) is 70.2 Å². The summed E-state index contributed by atoms with van der Waals surface area (Å²) >= 11 is 0. The van der Waals surface area contributed by atoms with E-state index in [0.29, 0.717) is 12.0 Å². The van der Waals surface area contributed by atoms with Crippen molar-refractivity contribution >= 4 is 11.8 Å². The first kappa shape index (κ1) is 8.04. The van der Waals surface area contributed by atoms with Gasteiger partial charge in [0.05, 0.1) is 0 Å². The predicted octanol–water partition coefficient (Wildman–Crippen LogP) is 1.23. The van der Waals surface area contributed by atoms with E-state index in [4.69, 9.17) is 5.11 Å². The Bertz CT molecular complexity index is 378. The molecule has 1 heterocycles. The van der Waals surface area contributed by atoms with Crippen LogP contribution in [0.5, 0.6) is 0 Å². The number of carbonyl (C=O) groups is 2. The third kappa shape index (κ3) is 1.24. The fourth-order valence-corrected chi connectivity index (χ4v) is 1.62. The van der Waals surface area contributed by atoms with Crippen molar-refractivity contribution in [2.45, 2.75) is 19.3 Å². The van der Waals surface area contributed by atoms with Gasteiger partial charge in [0.15, 0.2) is 5.78 Å². The van der Waals surface area contributed by atoms with Crippen LogP contribution >= 0.6 is 0 Å². The molecule has 0 saturated heterocycles. The Balaban J connectivity index is 2.48. The number of carboxylic acid groups (broad SMARTS) is 1. The van der Waals surface area contributed by atoms with Crippen LogP contribution in [0, 0.1) is 0 Å². The zero-order valence-electron chi connectivity index (χ0n) is 6.96. The summed E-state index contributed by atoms with van der Waals surface area (Å²) < 4.78 is 0. The molecule has 1 aromatic heterocycles. The van der Waals surface area contributed by atoms with Crippen LogP contribution in [0.15, 0.2) is 6.07 Å². The molecule has 2 rings (SSSR count). The van der Waals surface area contributed by atoms with Crippen LogP contribution in [0.4, 0.5) is 0 Å². The maximum atomic E-state index is 11.3. The molecule has 0 amide bonds. The number of aromatic nitrogens is 1. The van der Waals surface area contributed by atoms with Gasteiger partial charge in [0.25, 0.3) is 0 Å². The Labute approximate surface area is 74.6 Å². The van der Waals surface area contributed by atoms with Gasteiger partial charge in [0, 0.05) is 17.7 Å². The number of rotatable bonds is 1. The Hall–Kier alpha value is -1.58. The number of H-pyrrole nitrogens is 1. The molecule has 1 aliphatic rings. The van der Waals surface area contributed by atoms with E-state index in [9.17, 15) is 9.59 Å². The zero-order valence-corrected chi connectivity index (χ0v) is 6.96. The minimum absolute atomic E-state index is 0.0463. The molecule has 0 aliphatic heterocycles. The van der Waals surface area contributed by atoms with Crippen LogP contribution in [0.2, 0.25) is 0 Å². The van der Waals surface area contributed by atoms with Crippen LogP contribution in [0.3, 0.4) is 0 Å². The van der Waals surface area contributed by atoms with Crippen LogP contribution in [0.1, 0.15) is 39.4 Å². The lowest BCUT2D eigenvalue weighted by Gasteiger charge is -2.08. The van der Waals surface area contributed by atoms with Crippen molar-refractivity contribution in [3.8, 4) is 0 Å². The molecule has 0 saturated carbocycles. The molecule has 0 unspecified atom stereocenters. The van der Waals surface area contributed by atoms with Gasteiger partial charge < -0.3 is 10.1 Å². The number of ketones is 1. The van der Waals surface area contributed by atoms with Crippen molar-refractivity contribution in [3.05, 3.63) is 23.0 Å². The summed E-state index contributed by atoms with van der Waals surface area (Å²) in [7, 11) is 0. The van der Waals surface area contributed by atoms with Gasteiger partial charge >= 0.3 is 5.97 Å². The van der Waals surface area contributed by atoms with E-state index in [0.717, 1.165) is 18.5 Å². The number of aromatic carboxylic acids is 1. The van der Waals surface area contributed by atoms with Crippen molar-refractivity contribution in [2.24, 2.45) is 0 Å². The molecular weight excluding hydrogens is 170 g/mol. The third-order valence-corrected chi connectivity index (χ3v) is 2.26. The molecule has 0 spiro atoms. The second-order valence-electron chi connectivity index (χ2n) is 3.16. The average Bonchev–Trinajstić information content (AvgIpc) is 2.49. The van der Waals surface area contributed by atoms with Crippen molar-refractivity contribution < 1.29 is 14.7 Å². The van der Waals surface area contributed by atoms with Crippen LogP contribution < -0.4 is 0 Å². The average molecular weight is 179 g/mol. The van der Waals surface area contributed by atoms with Crippen molar-refractivity contribution in [1.82, 2.24) is 4.98 Å². The molecule has 4 nitrogen and oxygen atoms in total. The minimum atomic E-state index is -1.01. The highest BCUT2D eigenvalue weighted by molar-refractivity contribution is 6.00. The number of hydrogen-bond donors (Lipinski definition) is 2. The molecule has 1 aliphatic carbocycles. The van der Waals surface area contributed by atoms with Gasteiger partial charge in [0.1, 0.15) is 5.69 Å². The molecule has 2 N–H and O–H groups in total. The highest BCUT2D eigenvalue weighted by Gasteiger charge is 2.21. The number of fused-ring (bicyclic) bond motifs is 1. The molecular formula is C9H9NO3. The van der Waals surface area contributed by atoms with Crippen molar-refractivity contribution in [1.29, 1.82) is 0 Å². The van der Waals surface area contributed by atoms with Crippen LogP contribution in [-0.4, -0.2) is 21.8 Å². The summed E-state index contributed by atoms with van der Waals surface area (Å²) in [6.45, 7) is 0. The summed E-state index contributed by atoms with van der Waals surface area (Å²) in [4.78, 5) is 24.6. The summed E-state index contributed by atoms with van der Waals surface area (Å²) in [6, 6.07) is 1.43. The number of hydrogen-bond acceptors (Lipinski definition) is 2. The van der Waals surface area contributed by atoms with Gasteiger partial charge in [-0.25, -0.2) is 4.79 Å². The highest BCUT2D eigenvalue weighted by Crippen LogP contribution is 2.21. The van der Waals surface area contributed by atoms with E-state index in [1.165, 1.54) is 6.07 Å². The lowest BCUT2D eigenvalue weighted by atomic mass is 9.97. The highest BCUT2D eigenvalue weighted by atomic mass is 16.4. The summed E-state index contributed by atoms with van der Waals surface area (Å²) in [5.74, 6) is -0.966. The molecule has 0 bridgehead atoms. The SMILES string of the molecule is O=C(O)c1cc2c([nH]1)CCCC2=O. The largest absolute Gasteiger partial charge is 0.477 e. The van der Waals surface area contributed by atoms with Crippen LogP contribution in [-0.2, 0) is 6.42 Å². The second-order valence-corrected chi connectivity index (χ2v) is 3.16. The smallest absolute Gasteiger partial charge is 0.352 e.